The van der Waals surface area contributed by atoms with Crippen LogP contribution in [0.3, 0.4) is 0 Å². The van der Waals surface area contributed by atoms with Gasteiger partial charge in [0.15, 0.2) is 0 Å². The van der Waals surface area contributed by atoms with E-state index in [0.29, 0.717) is 5.95 Å². The number of aromatic nitrogens is 2. The second kappa shape index (κ2) is 6.38. The van der Waals surface area contributed by atoms with E-state index < -0.39 is 0 Å². The predicted molar refractivity (Wildman–Crippen MR) is 95.8 cm³/mol. The summed E-state index contributed by atoms with van der Waals surface area (Å²) in [6.45, 7) is 0. The maximum atomic E-state index is 5.78. The lowest BCUT2D eigenvalue weighted by atomic mass is 10.2. The molecule has 3 aromatic carbocycles. The number of benzene rings is 3. The average molecular weight is 313 g/mol. The summed E-state index contributed by atoms with van der Waals surface area (Å²) in [4.78, 5) is 8.85. The molecule has 0 fully saturated rings. The summed E-state index contributed by atoms with van der Waals surface area (Å²) in [5.74, 6) is 2.17. The molecule has 0 aliphatic carbocycles. The van der Waals surface area contributed by atoms with Crippen LogP contribution in [0.2, 0.25) is 0 Å². The minimum atomic E-state index is 0.574. The monoisotopic (exact) mass is 313 g/mol. The predicted octanol–water partition coefficient (Wildman–Crippen LogP) is 5.17. The van der Waals surface area contributed by atoms with Crippen LogP contribution in [0, 0.1) is 0 Å². The van der Waals surface area contributed by atoms with Gasteiger partial charge < -0.3 is 10.1 Å². The number of nitrogens with one attached hydrogen (secondary N) is 1. The van der Waals surface area contributed by atoms with Crippen molar-refractivity contribution in [3.63, 3.8) is 0 Å². The molecule has 0 radical (unpaired) electrons. The molecule has 0 atom stereocenters. The van der Waals surface area contributed by atoms with Gasteiger partial charge in [0.2, 0.25) is 5.95 Å². The molecule has 0 spiro atoms. The van der Waals surface area contributed by atoms with Crippen LogP contribution in [0.15, 0.2) is 85.1 Å². The van der Waals surface area contributed by atoms with E-state index >= 15 is 0 Å². The molecule has 24 heavy (non-hydrogen) atoms. The zero-order valence-corrected chi connectivity index (χ0v) is 12.9. The molecular weight excluding hydrogens is 298 g/mol. The van der Waals surface area contributed by atoms with Crippen molar-refractivity contribution in [1.82, 2.24) is 9.97 Å². The van der Waals surface area contributed by atoms with Gasteiger partial charge in [-0.25, -0.2) is 9.97 Å². The fourth-order valence-corrected chi connectivity index (χ4v) is 2.39. The number of fused-ring (bicyclic) bond motifs is 1. The Hall–Kier alpha value is -3.40. The van der Waals surface area contributed by atoms with Crippen LogP contribution < -0.4 is 10.1 Å². The van der Waals surface area contributed by atoms with E-state index in [9.17, 15) is 0 Å². The zero-order chi connectivity index (χ0) is 16.2. The minimum absolute atomic E-state index is 0.574. The highest BCUT2D eigenvalue weighted by molar-refractivity contribution is 5.78. The summed E-state index contributed by atoms with van der Waals surface area (Å²) in [6.07, 6.45) is 1.82. The van der Waals surface area contributed by atoms with Crippen molar-refractivity contribution in [2.75, 3.05) is 5.32 Å². The van der Waals surface area contributed by atoms with Crippen molar-refractivity contribution < 1.29 is 4.74 Å². The van der Waals surface area contributed by atoms with Crippen LogP contribution in [0.5, 0.6) is 11.5 Å². The molecule has 1 aromatic heterocycles. The van der Waals surface area contributed by atoms with Crippen LogP contribution in [0.4, 0.5) is 11.6 Å². The molecule has 0 amide bonds. The quantitative estimate of drug-likeness (QED) is 0.565. The van der Waals surface area contributed by atoms with E-state index in [0.717, 1.165) is 28.1 Å². The molecule has 0 saturated heterocycles. The molecule has 1 heterocycles. The number of nitrogens with zero attached hydrogens (tertiary/aromatic N) is 2. The van der Waals surface area contributed by atoms with Crippen LogP contribution in [-0.4, -0.2) is 9.97 Å². The highest BCUT2D eigenvalue weighted by Crippen LogP contribution is 2.24. The molecule has 4 rings (SSSR count). The lowest BCUT2D eigenvalue weighted by Gasteiger charge is -2.08. The molecule has 4 aromatic rings. The van der Waals surface area contributed by atoms with Gasteiger partial charge in [0, 0.05) is 17.3 Å². The highest BCUT2D eigenvalue weighted by atomic mass is 16.5. The fourth-order valence-electron chi connectivity index (χ4n) is 2.39. The Morgan fingerprint density at radius 2 is 1.42 bits per heavy atom. The Labute approximate surface area is 139 Å². The SMILES string of the molecule is c1ccc(Oc2ccc(Nc3ncc4ccccc4n3)cc2)cc1. The first-order chi connectivity index (χ1) is 11.9. The van der Waals surface area contributed by atoms with Crippen molar-refractivity contribution in [3.05, 3.63) is 85.1 Å². The molecule has 0 aliphatic rings. The Balaban J connectivity index is 1.50. The largest absolute Gasteiger partial charge is 0.457 e. The number of hydrogen-bond acceptors (Lipinski definition) is 4. The van der Waals surface area contributed by atoms with E-state index in [1.165, 1.54) is 0 Å². The maximum absolute atomic E-state index is 5.78. The van der Waals surface area contributed by atoms with Crippen molar-refractivity contribution in [1.29, 1.82) is 0 Å². The van der Waals surface area contributed by atoms with E-state index in [-0.39, 0.29) is 0 Å². The van der Waals surface area contributed by atoms with Crippen molar-refractivity contribution in [2.45, 2.75) is 0 Å². The Morgan fingerprint density at radius 1 is 0.708 bits per heavy atom. The van der Waals surface area contributed by atoms with Crippen molar-refractivity contribution in [2.24, 2.45) is 0 Å². The van der Waals surface area contributed by atoms with Gasteiger partial charge in [0.1, 0.15) is 11.5 Å². The number of anilines is 2. The molecule has 4 heteroatoms. The highest BCUT2D eigenvalue weighted by Gasteiger charge is 2.01. The molecule has 0 unspecified atom stereocenters. The fraction of sp³-hybridized carbons (Fsp3) is 0. The van der Waals surface area contributed by atoms with Gasteiger partial charge in [-0.15, -0.1) is 0 Å². The van der Waals surface area contributed by atoms with Crippen LogP contribution in [0.1, 0.15) is 0 Å². The van der Waals surface area contributed by atoms with Gasteiger partial charge in [-0.2, -0.15) is 0 Å². The van der Waals surface area contributed by atoms with E-state index in [2.05, 4.69) is 15.3 Å². The van der Waals surface area contributed by atoms with Gasteiger partial charge >= 0.3 is 0 Å². The summed E-state index contributed by atoms with van der Waals surface area (Å²) >= 11 is 0. The third-order valence-electron chi connectivity index (χ3n) is 3.58. The maximum Gasteiger partial charge on any atom is 0.227 e. The van der Waals surface area contributed by atoms with Gasteiger partial charge in [-0.05, 0) is 42.5 Å². The van der Waals surface area contributed by atoms with Gasteiger partial charge in [-0.3, -0.25) is 0 Å². The first-order valence-electron chi connectivity index (χ1n) is 7.69. The van der Waals surface area contributed by atoms with E-state index in [4.69, 9.17) is 4.74 Å². The minimum Gasteiger partial charge on any atom is -0.457 e. The summed E-state index contributed by atoms with van der Waals surface area (Å²) in [7, 11) is 0. The van der Waals surface area contributed by atoms with Crippen LogP contribution in [-0.2, 0) is 0 Å². The lowest BCUT2D eigenvalue weighted by molar-refractivity contribution is 0.483. The summed E-state index contributed by atoms with van der Waals surface area (Å²) < 4.78 is 5.78. The summed E-state index contributed by atoms with van der Waals surface area (Å²) in [6, 6.07) is 25.3. The average Bonchev–Trinajstić information content (AvgIpc) is 2.64. The normalized spacial score (nSPS) is 10.5. The standard InChI is InChI=1S/C20H15N3O/c1-2-7-17(8-3-1)24-18-12-10-16(11-13-18)22-20-21-14-15-6-4-5-9-19(15)23-20/h1-14H,(H,21,22,23). The zero-order valence-electron chi connectivity index (χ0n) is 12.9. The Morgan fingerprint density at radius 3 is 2.25 bits per heavy atom. The second-order valence-corrected chi connectivity index (χ2v) is 5.32. The van der Waals surface area contributed by atoms with Gasteiger partial charge in [0.25, 0.3) is 0 Å². The number of hydrogen-bond donors (Lipinski definition) is 1. The molecular formula is C20H15N3O. The van der Waals surface area contributed by atoms with Gasteiger partial charge in [0.05, 0.1) is 5.52 Å². The van der Waals surface area contributed by atoms with Crippen molar-refractivity contribution >= 4 is 22.5 Å². The Bertz CT molecular complexity index is 953. The van der Waals surface area contributed by atoms with Crippen LogP contribution >= 0.6 is 0 Å². The Kier molecular flexibility index (Phi) is 3.78. The smallest absolute Gasteiger partial charge is 0.227 e. The topological polar surface area (TPSA) is 47.0 Å². The van der Waals surface area contributed by atoms with Crippen molar-refractivity contribution in [3.8, 4) is 11.5 Å². The molecule has 1 N–H and O–H groups in total. The first kappa shape index (κ1) is 14.2. The lowest BCUT2D eigenvalue weighted by Crippen LogP contribution is -1.96. The number of rotatable bonds is 4. The second-order valence-electron chi connectivity index (χ2n) is 5.32. The number of para-hydroxylation sites is 2. The van der Waals surface area contributed by atoms with Crippen LogP contribution in [0.25, 0.3) is 10.9 Å². The van der Waals surface area contributed by atoms with E-state index in [1.807, 2.05) is 85.1 Å². The third kappa shape index (κ3) is 3.17. The number of ether oxygens (including phenoxy) is 1. The summed E-state index contributed by atoms with van der Waals surface area (Å²) in [5, 5.41) is 4.23. The molecule has 0 bridgehead atoms. The first-order valence-corrected chi connectivity index (χ1v) is 7.69. The molecule has 4 nitrogen and oxygen atoms in total. The van der Waals surface area contributed by atoms with Gasteiger partial charge in [-0.1, -0.05) is 36.4 Å². The third-order valence-corrected chi connectivity index (χ3v) is 3.58. The molecule has 0 saturated carbocycles. The van der Waals surface area contributed by atoms with E-state index in [1.54, 1.807) is 0 Å². The summed E-state index contributed by atoms with van der Waals surface area (Å²) in [5.41, 5.74) is 1.82. The molecule has 116 valence electrons. The molecule has 0 aliphatic heterocycles.